The fourth-order valence-electron chi connectivity index (χ4n) is 5.32. The first-order chi connectivity index (χ1) is 15.5. The lowest BCUT2D eigenvalue weighted by Gasteiger charge is -2.33. The third-order valence-corrected chi connectivity index (χ3v) is 7.15. The third-order valence-electron chi connectivity index (χ3n) is 7.15. The van der Waals surface area contributed by atoms with Crippen LogP contribution in [0.1, 0.15) is 84.1 Å². The lowest BCUT2D eigenvalue weighted by Crippen LogP contribution is -2.43. The van der Waals surface area contributed by atoms with Gasteiger partial charge in [-0.3, -0.25) is 14.5 Å². The van der Waals surface area contributed by atoms with Crippen LogP contribution in [-0.2, 0) is 9.59 Å². The van der Waals surface area contributed by atoms with Gasteiger partial charge in [0.2, 0.25) is 0 Å². The Morgan fingerprint density at radius 2 is 1.44 bits per heavy atom. The molecule has 0 radical (unpaired) electrons. The molecule has 3 aliphatic rings. The first-order valence-electron chi connectivity index (χ1n) is 12.6. The van der Waals surface area contributed by atoms with E-state index in [4.69, 9.17) is 4.74 Å². The molecular formula is C27H38N2O3. The minimum Gasteiger partial charge on any atom is -0.491 e. The Hall–Kier alpha value is -2.30. The van der Waals surface area contributed by atoms with Gasteiger partial charge in [0, 0.05) is 19.1 Å². The molecule has 1 saturated carbocycles. The molecule has 174 valence electrons. The molecule has 5 heteroatoms. The van der Waals surface area contributed by atoms with Crippen LogP contribution in [0.2, 0.25) is 0 Å². The average Bonchev–Trinajstić information content (AvgIpc) is 2.99. The molecule has 1 saturated heterocycles. The zero-order chi connectivity index (χ0) is 22.7. The van der Waals surface area contributed by atoms with E-state index >= 15 is 0 Å². The Morgan fingerprint density at radius 1 is 0.844 bits per heavy atom. The zero-order valence-electron chi connectivity index (χ0n) is 19.9. The number of carbonyl (C=O) groups excluding carboxylic acids is 2. The molecule has 2 amide bonds. The van der Waals surface area contributed by atoms with Crippen LogP contribution in [0.15, 0.2) is 30.0 Å². The second-order valence-corrected chi connectivity index (χ2v) is 10.1. The number of nitrogens with zero attached hydrogens (tertiary/aromatic N) is 2. The summed E-state index contributed by atoms with van der Waals surface area (Å²) in [7, 11) is 0. The Kier molecular flexibility index (Phi) is 7.22. The van der Waals surface area contributed by atoms with Crippen LogP contribution in [0.5, 0.6) is 5.75 Å². The first kappa shape index (κ1) is 22.9. The van der Waals surface area contributed by atoms with Crippen molar-refractivity contribution in [3.63, 3.8) is 0 Å². The number of hydrogen-bond donors (Lipinski definition) is 0. The van der Waals surface area contributed by atoms with E-state index in [2.05, 4.69) is 11.8 Å². The molecule has 0 bridgehead atoms. The summed E-state index contributed by atoms with van der Waals surface area (Å²) in [4.78, 5) is 31.3. The summed E-state index contributed by atoms with van der Waals surface area (Å²) in [5.41, 5.74) is 2.03. The van der Waals surface area contributed by atoms with Gasteiger partial charge in [0.25, 0.3) is 11.8 Å². The van der Waals surface area contributed by atoms with Gasteiger partial charge in [0.15, 0.2) is 0 Å². The third kappa shape index (κ3) is 4.87. The van der Waals surface area contributed by atoms with E-state index in [0.717, 1.165) is 62.9 Å². The summed E-state index contributed by atoms with van der Waals surface area (Å²) in [6.07, 6.45) is 9.90. The summed E-state index contributed by atoms with van der Waals surface area (Å²) in [5.74, 6) is 1.27. The minimum absolute atomic E-state index is 0.0232. The molecule has 32 heavy (non-hydrogen) atoms. The average molecular weight is 439 g/mol. The van der Waals surface area contributed by atoms with E-state index in [1.165, 1.54) is 19.3 Å². The number of benzene rings is 1. The molecule has 1 aromatic carbocycles. The molecule has 1 aromatic rings. The Morgan fingerprint density at radius 3 is 2.03 bits per heavy atom. The summed E-state index contributed by atoms with van der Waals surface area (Å²) in [6, 6.07) is 7.72. The van der Waals surface area contributed by atoms with Crippen LogP contribution in [0.25, 0.3) is 5.57 Å². The maximum atomic E-state index is 13.8. The molecule has 0 spiro atoms. The van der Waals surface area contributed by atoms with Crippen LogP contribution >= 0.6 is 0 Å². The number of hydrogen-bond acceptors (Lipinski definition) is 4. The number of rotatable bonds is 5. The lowest BCUT2D eigenvalue weighted by atomic mass is 9.95. The van der Waals surface area contributed by atoms with Crippen molar-refractivity contribution < 1.29 is 14.3 Å². The highest BCUT2D eigenvalue weighted by Crippen LogP contribution is 2.37. The van der Waals surface area contributed by atoms with E-state index in [9.17, 15) is 9.59 Å². The van der Waals surface area contributed by atoms with Gasteiger partial charge in [0.05, 0.1) is 11.7 Å². The molecular weight excluding hydrogens is 400 g/mol. The number of piperidine rings is 1. The molecule has 0 aromatic heterocycles. The number of ether oxygens (including phenoxy) is 1. The number of likely N-dealkylation sites (tertiary alicyclic amines) is 1. The van der Waals surface area contributed by atoms with Crippen molar-refractivity contribution in [3.05, 3.63) is 35.5 Å². The predicted octanol–water partition coefficient (Wildman–Crippen LogP) is 5.40. The molecule has 2 aliphatic heterocycles. The highest BCUT2D eigenvalue weighted by molar-refractivity contribution is 6.35. The highest BCUT2D eigenvalue weighted by atomic mass is 16.5. The normalized spacial score (nSPS) is 22.0. The predicted molar refractivity (Wildman–Crippen MR) is 127 cm³/mol. The van der Waals surface area contributed by atoms with Crippen molar-refractivity contribution in [3.8, 4) is 5.75 Å². The SMILES string of the molecule is CC1CCN(C2=C(c3ccc(OC(C)C)cc3)C(=O)N(C3CCCCCCC3)C2=O)CC1. The Bertz CT molecular complexity index is 842. The van der Waals surface area contributed by atoms with Gasteiger partial charge >= 0.3 is 0 Å². The monoisotopic (exact) mass is 438 g/mol. The quantitative estimate of drug-likeness (QED) is 0.578. The van der Waals surface area contributed by atoms with E-state index in [1.807, 2.05) is 38.1 Å². The number of imide groups is 1. The maximum Gasteiger partial charge on any atom is 0.278 e. The number of carbonyl (C=O) groups is 2. The summed E-state index contributed by atoms with van der Waals surface area (Å²) < 4.78 is 5.79. The molecule has 0 atom stereocenters. The molecule has 2 heterocycles. The molecule has 2 fully saturated rings. The highest BCUT2D eigenvalue weighted by Gasteiger charge is 2.44. The molecule has 4 rings (SSSR count). The van der Waals surface area contributed by atoms with E-state index < -0.39 is 0 Å². The van der Waals surface area contributed by atoms with Crippen molar-refractivity contribution in [1.29, 1.82) is 0 Å². The van der Waals surface area contributed by atoms with Crippen molar-refractivity contribution in [2.75, 3.05) is 13.1 Å². The molecule has 5 nitrogen and oxygen atoms in total. The van der Waals surface area contributed by atoms with Crippen LogP contribution in [0, 0.1) is 5.92 Å². The van der Waals surface area contributed by atoms with Gasteiger partial charge in [-0.15, -0.1) is 0 Å². The van der Waals surface area contributed by atoms with Crippen molar-refractivity contribution in [2.24, 2.45) is 5.92 Å². The van der Waals surface area contributed by atoms with Gasteiger partial charge in [-0.1, -0.05) is 51.2 Å². The van der Waals surface area contributed by atoms with Gasteiger partial charge in [-0.25, -0.2) is 0 Å². The minimum atomic E-state index is -0.105. The van der Waals surface area contributed by atoms with E-state index in [1.54, 1.807) is 4.90 Å². The largest absolute Gasteiger partial charge is 0.491 e. The summed E-state index contributed by atoms with van der Waals surface area (Å²) >= 11 is 0. The van der Waals surface area contributed by atoms with Crippen molar-refractivity contribution >= 4 is 17.4 Å². The van der Waals surface area contributed by atoms with Crippen molar-refractivity contribution in [1.82, 2.24) is 9.80 Å². The van der Waals surface area contributed by atoms with Crippen LogP contribution < -0.4 is 4.74 Å². The van der Waals surface area contributed by atoms with Crippen LogP contribution in [0.3, 0.4) is 0 Å². The Balaban J connectivity index is 1.67. The fourth-order valence-corrected chi connectivity index (χ4v) is 5.32. The lowest BCUT2D eigenvalue weighted by molar-refractivity contribution is -0.140. The maximum absolute atomic E-state index is 13.8. The molecule has 0 N–H and O–H groups in total. The van der Waals surface area contributed by atoms with E-state index in [0.29, 0.717) is 17.2 Å². The molecule has 1 aliphatic carbocycles. The van der Waals surface area contributed by atoms with Gasteiger partial charge in [0.1, 0.15) is 11.4 Å². The Labute approximate surface area is 192 Å². The van der Waals surface area contributed by atoms with Gasteiger partial charge in [-0.2, -0.15) is 0 Å². The standard InChI is InChI=1S/C27H38N2O3/c1-19(2)32-23-13-11-21(12-14-23)24-25(28-17-15-20(3)16-18-28)27(31)29(26(24)30)22-9-7-5-4-6-8-10-22/h11-14,19-20,22H,4-10,15-18H2,1-3H3. The van der Waals surface area contributed by atoms with Gasteiger partial charge < -0.3 is 9.64 Å². The van der Waals surface area contributed by atoms with E-state index in [-0.39, 0.29) is 24.0 Å². The first-order valence-corrected chi connectivity index (χ1v) is 12.6. The number of amides is 2. The summed E-state index contributed by atoms with van der Waals surface area (Å²) in [6.45, 7) is 7.94. The smallest absolute Gasteiger partial charge is 0.278 e. The second-order valence-electron chi connectivity index (χ2n) is 10.1. The van der Waals surface area contributed by atoms with Crippen LogP contribution in [0.4, 0.5) is 0 Å². The molecule has 0 unspecified atom stereocenters. The summed E-state index contributed by atoms with van der Waals surface area (Å²) in [5, 5.41) is 0. The van der Waals surface area contributed by atoms with Crippen molar-refractivity contribution in [2.45, 2.75) is 90.7 Å². The zero-order valence-corrected chi connectivity index (χ0v) is 19.9. The van der Waals surface area contributed by atoms with Gasteiger partial charge in [-0.05, 0) is 63.1 Å². The fraction of sp³-hybridized carbons (Fsp3) is 0.630. The van der Waals surface area contributed by atoms with Crippen LogP contribution in [-0.4, -0.2) is 46.8 Å². The second kappa shape index (κ2) is 10.1. The topological polar surface area (TPSA) is 49.9 Å².